The van der Waals surface area contributed by atoms with Crippen molar-refractivity contribution in [3.05, 3.63) is 0 Å². The number of hydrogen-bond donors (Lipinski definition) is 3. The molecule has 2 unspecified atom stereocenters. The highest BCUT2D eigenvalue weighted by atomic mass is 16.5. The molecule has 1 aliphatic heterocycles. The molecule has 0 radical (unpaired) electrons. The Morgan fingerprint density at radius 3 is 2.75 bits per heavy atom. The van der Waals surface area contributed by atoms with E-state index in [2.05, 4.69) is 5.16 Å². The van der Waals surface area contributed by atoms with Gasteiger partial charge in [-0.2, -0.15) is 0 Å². The lowest BCUT2D eigenvalue weighted by Gasteiger charge is -2.43. The van der Waals surface area contributed by atoms with Crippen LogP contribution in [0.25, 0.3) is 0 Å². The quantitative estimate of drug-likeness (QED) is 0.289. The number of aliphatic hydroxyl groups excluding tert-OH is 1. The Bertz CT molecular complexity index is 371. The summed E-state index contributed by atoms with van der Waals surface area (Å²) in [6, 6.07) is 0. The van der Waals surface area contributed by atoms with Crippen LogP contribution < -0.4 is 5.73 Å². The van der Waals surface area contributed by atoms with Crippen molar-refractivity contribution in [2.75, 3.05) is 19.7 Å². The summed E-state index contributed by atoms with van der Waals surface area (Å²) in [6.45, 7) is 6.26. The number of morpholine rings is 1. The van der Waals surface area contributed by atoms with Crippen LogP contribution in [0.5, 0.6) is 0 Å². The number of oxime groups is 1. The van der Waals surface area contributed by atoms with Gasteiger partial charge < -0.3 is 25.7 Å². The molecule has 20 heavy (non-hydrogen) atoms. The Hall–Kier alpha value is -1.34. The van der Waals surface area contributed by atoms with E-state index in [4.69, 9.17) is 15.7 Å². The highest BCUT2D eigenvalue weighted by Gasteiger charge is 2.38. The molecule has 2 atom stereocenters. The lowest BCUT2D eigenvalue weighted by atomic mass is 9.98. The van der Waals surface area contributed by atoms with Gasteiger partial charge in [-0.15, -0.1) is 0 Å². The third-order valence-corrected chi connectivity index (χ3v) is 3.34. The number of nitrogens with two attached hydrogens (primary N) is 1. The molecule has 1 heterocycles. The first-order valence-corrected chi connectivity index (χ1v) is 6.89. The Morgan fingerprint density at radius 2 is 2.25 bits per heavy atom. The Balaban J connectivity index is 2.87. The van der Waals surface area contributed by atoms with Crippen molar-refractivity contribution in [3.63, 3.8) is 0 Å². The van der Waals surface area contributed by atoms with Gasteiger partial charge in [0.05, 0.1) is 24.2 Å². The van der Waals surface area contributed by atoms with Crippen LogP contribution in [-0.4, -0.2) is 58.4 Å². The van der Waals surface area contributed by atoms with E-state index in [0.717, 1.165) is 6.42 Å². The molecule has 1 rings (SSSR count). The molecule has 0 aromatic carbocycles. The van der Waals surface area contributed by atoms with Gasteiger partial charge in [-0.25, -0.2) is 0 Å². The predicted molar refractivity (Wildman–Crippen MR) is 74.4 cm³/mol. The van der Waals surface area contributed by atoms with Crippen LogP contribution in [0, 0.1) is 5.92 Å². The van der Waals surface area contributed by atoms with E-state index < -0.39 is 17.6 Å². The second kappa shape index (κ2) is 6.90. The van der Waals surface area contributed by atoms with Crippen molar-refractivity contribution < 1.29 is 19.8 Å². The van der Waals surface area contributed by atoms with E-state index in [1.807, 2.05) is 20.8 Å². The average Bonchev–Trinajstić information content (AvgIpc) is 2.41. The molecule has 1 aliphatic rings. The van der Waals surface area contributed by atoms with Gasteiger partial charge in [0, 0.05) is 13.1 Å². The maximum absolute atomic E-state index is 12.6. The van der Waals surface area contributed by atoms with Crippen LogP contribution in [0.15, 0.2) is 5.16 Å². The van der Waals surface area contributed by atoms with E-state index >= 15 is 0 Å². The number of amides is 1. The number of amidine groups is 1. The minimum absolute atomic E-state index is 0.0679. The highest BCUT2D eigenvalue weighted by Crippen LogP contribution is 2.23. The Morgan fingerprint density at radius 1 is 1.60 bits per heavy atom. The van der Waals surface area contributed by atoms with Gasteiger partial charge >= 0.3 is 0 Å². The van der Waals surface area contributed by atoms with Gasteiger partial charge in [-0.3, -0.25) is 4.79 Å². The minimum Gasteiger partial charge on any atom is -0.409 e. The number of ether oxygens (including phenoxy) is 1. The molecule has 4 N–H and O–H groups in total. The topological polar surface area (TPSA) is 108 Å². The summed E-state index contributed by atoms with van der Waals surface area (Å²) in [5.41, 5.74) is 5.09. The number of nitrogens with zero attached hydrogens (tertiary/aromatic N) is 2. The van der Waals surface area contributed by atoms with Gasteiger partial charge in [-0.1, -0.05) is 18.5 Å². The van der Waals surface area contributed by atoms with E-state index in [1.165, 1.54) is 0 Å². The van der Waals surface area contributed by atoms with Crippen molar-refractivity contribution in [1.82, 2.24) is 4.90 Å². The number of carbonyl (C=O) groups excluding carboxylic acids is 1. The summed E-state index contributed by atoms with van der Waals surface area (Å²) in [5.74, 6) is -0.878. The van der Waals surface area contributed by atoms with E-state index in [-0.39, 0.29) is 18.3 Å². The van der Waals surface area contributed by atoms with E-state index in [9.17, 15) is 9.90 Å². The predicted octanol–water partition coefficient (Wildman–Crippen LogP) is 0.147. The fourth-order valence-electron chi connectivity index (χ4n) is 2.54. The summed E-state index contributed by atoms with van der Waals surface area (Å²) in [4.78, 5) is 14.2. The molecule has 0 aliphatic carbocycles. The Labute approximate surface area is 119 Å². The maximum Gasteiger partial charge on any atom is 0.233 e. The smallest absolute Gasteiger partial charge is 0.233 e. The SMILES string of the molecule is CCCC(C(=O)N1CC(CO)OC(C)(C)C1)C(N)=NO. The summed E-state index contributed by atoms with van der Waals surface area (Å²) in [5, 5.41) is 21.0. The zero-order valence-corrected chi connectivity index (χ0v) is 12.4. The summed E-state index contributed by atoms with van der Waals surface area (Å²) in [6.07, 6.45) is 0.873. The molecular formula is C13H25N3O4. The molecule has 116 valence electrons. The first-order valence-electron chi connectivity index (χ1n) is 6.89. The largest absolute Gasteiger partial charge is 0.409 e. The van der Waals surface area contributed by atoms with Crippen LogP contribution in [0.1, 0.15) is 33.6 Å². The third kappa shape index (κ3) is 4.08. The van der Waals surface area contributed by atoms with Crippen molar-refractivity contribution in [2.45, 2.75) is 45.3 Å². The molecular weight excluding hydrogens is 262 g/mol. The molecule has 1 fully saturated rings. The summed E-state index contributed by atoms with van der Waals surface area (Å²) in [7, 11) is 0. The first kappa shape index (κ1) is 16.7. The normalized spacial score (nSPS) is 24.5. The molecule has 7 nitrogen and oxygen atoms in total. The highest BCUT2D eigenvalue weighted by molar-refractivity contribution is 6.02. The van der Waals surface area contributed by atoms with Crippen LogP contribution >= 0.6 is 0 Å². The lowest BCUT2D eigenvalue weighted by Crippen LogP contribution is -2.57. The van der Waals surface area contributed by atoms with Gasteiger partial charge in [0.15, 0.2) is 5.84 Å². The fraction of sp³-hybridized carbons (Fsp3) is 0.846. The van der Waals surface area contributed by atoms with E-state index in [1.54, 1.807) is 4.90 Å². The van der Waals surface area contributed by atoms with Crippen LogP contribution in [0.3, 0.4) is 0 Å². The zero-order valence-electron chi connectivity index (χ0n) is 12.4. The molecule has 0 aromatic heterocycles. The van der Waals surface area contributed by atoms with Crippen molar-refractivity contribution >= 4 is 11.7 Å². The molecule has 0 saturated carbocycles. The second-order valence-corrected chi connectivity index (χ2v) is 5.77. The van der Waals surface area contributed by atoms with Crippen LogP contribution in [0.4, 0.5) is 0 Å². The molecule has 1 amide bonds. The van der Waals surface area contributed by atoms with Crippen LogP contribution in [0.2, 0.25) is 0 Å². The second-order valence-electron chi connectivity index (χ2n) is 5.77. The monoisotopic (exact) mass is 287 g/mol. The third-order valence-electron chi connectivity index (χ3n) is 3.34. The molecule has 0 bridgehead atoms. The molecule has 0 spiro atoms. The minimum atomic E-state index is -0.627. The number of hydrogen-bond acceptors (Lipinski definition) is 5. The van der Waals surface area contributed by atoms with Gasteiger partial charge in [-0.05, 0) is 20.3 Å². The van der Waals surface area contributed by atoms with Crippen LogP contribution in [-0.2, 0) is 9.53 Å². The molecule has 7 heteroatoms. The number of aliphatic hydroxyl groups is 1. The fourth-order valence-corrected chi connectivity index (χ4v) is 2.54. The average molecular weight is 287 g/mol. The van der Waals surface area contributed by atoms with Gasteiger partial charge in [0.2, 0.25) is 5.91 Å². The summed E-state index contributed by atoms with van der Waals surface area (Å²) < 4.78 is 5.68. The molecule has 1 saturated heterocycles. The van der Waals surface area contributed by atoms with Crippen molar-refractivity contribution in [1.29, 1.82) is 0 Å². The molecule has 0 aromatic rings. The number of carbonyl (C=O) groups is 1. The standard InChI is InChI=1S/C13H25N3O4/c1-4-5-10(11(14)15-19)12(18)16-6-9(7-17)20-13(2,3)8-16/h9-10,17,19H,4-8H2,1-3H3,(H2,14,15). The zero-order chi connectivity index (χ0) is 15.3. The van der Waals surface area contributed by atoms with Gasteiger partial charge in [0.1, 0.15) is 0 Å². The Kier molecular flexibility index (Phi) is 5.76. The summed E-state index contributed by atoms with van der Waals surface area (Å²) >= 11 is 0. The maximum atomic E-state index is 12.6. The lowest BCUT2D eigenvalue weighted by molar-refractivity contribution is -0.168. The van der Waals surface area contributed by atoms with E-state index in [0.29, 0.717) is 19.5 Å². The van der Waals surface area contributed by atoms with Crippen molar-refractivity contribution in [2.24, 2.45) is 16.8 Å². The van der Waals surface area contributed by atoms with Gasteiger partial charge in [0.25, 0.3) is 0 Å². The van der Waals surface area contributed by atoms with Crippen molar-refractivity contribution in [3.8, 4) is 0 Å². The number of rotatable bonds is 5. The first-order chi connectivity index (χ1) is 9.34.